The first-order valence-corrected chi connectivity index (χ1v) is 8.33. The summed E-state index contributed by atoms with van der Waals surface area (Å²) in [6.45, 7) is 0. The summed E-state index contributed by atoms with van der Waals surface area (Å²) in [5.41, 5.74) is 3.05. The number of carbonyl (C=O) groups excluding carboxylic acids is 1. The normalized spacial score (nSPS) is 10.9. The Hall–Kier alpha value is -3.16. The summed E-state index contributed by atoms with van der Waals surface area (Å²) in [6, 6.07) is 13.6. The second kappa shape index (κ2) is 8.03. The predicted octanol–water partition coefficient (Wildman–Crippen LogP) is 4.93. The van der Waals surface area contributed by atoms with E-state index in [4.69, 9.17) is 27.6 Å². The number of hydrogen-bond donors (Lipinski definition) is 1. The molecular formula is C18H11Cl2N3O4. The summed E-state index contributed by atoms with van der Waals surface area (Å²) in [6.07, 6.45) is 1.31. The van der Waals surface area contributed by atoms with Crippen LogP contribution in [-0.2, 0) is 0 Å². The first-order valence-electron chi connectivity index (χ1n) is 7.57. The van der Waals surface area contributed by atoms with Crippen LogP contribution < -0.4 is 5.43 Å². The number of amides is 1. The average molecular weight is 404 g/mol. The molecule has 2 aromatic carbocycles. The highest BCUT2D eigenvalue weighted by molar-refractivity contribution is 6.33. The van der Waals surface area contributed by atoms with Gasteiger partial charge in [-0.05, 0) is 42.5 Å². The van der Waals surface area contributed by atoms with Crippen LogP contribution in [0.5, 0.6) is 0 Å². The van der Waals surface area contributed by atoms with E-state index >= 15 is 0 Å². The zero-order valence-electron chi connectivity index (χ0n) is 13.6. The van der Waals surface area contributed by atoms with Crippen molar-refractivity contribution in [2.75, 3.05) is 0 Å². The smallest absolute Gasteiger partial charge is 0.271 e. The van der Waals surface area contributed by atoms with Gasteiger partial charge in [0.15, 0.2) is 0 Å². The molecule has 7 nitrogen and oxygen atoms in total. The van der Waals surface area contributed by atoms with Crippen molar-refractivity contribution in [3.05, 3.63) is 86.1 Å². The van der Waals surface area contributed by atoms with Crippen LogP contribution in [0.2, 0.25) is 10.0 Å². The number of carbonyl (C=O) groups is 1. The molecule has 1 N–H and O–H groups in total. The lowest BCUT2D eigenvalue weighted by Gasteiger charge is -2.01. The van der Waals surface area contributed by atoms with Crippen LogP contribution in [0.1, 0.15) is 16.1 Å². The number of benzene rings is 2. The summed E-state index contributed by atoms with van der Waals surface area (Å²) in [5.74, 6) is 0.273. The molecule has 0 aliphatic rings. The second-order valence-corrected chi connectivity index (χ2v) is 6.17. The van der Waals surface area contributed by atoms with Crippen LogP contribution in [-0.4, -0.2) is 17.0 Å². The minimum absolute atomic E-state index is 0.101. The molecule has 9 heteroatoms. The molecule has 0 aliphatic heterocycles. The molecule has 0 spiro atoms. The first kappa shape index (κ1) is 18.6. The minimum atomic E-state index is -0.516. The van der Waals surface area contributed by atoms with Crippen molar-refractivity contribution in [2.24, 2.45) is 5.10 Å². The van der Waals surface area contributed by atoms with Crippen molar-refractivity contribution in [2.45, 2.75) is 0 Å². The third kappa shape index (κ3) is 4.52. The number of nitrogens with one attached hydrogen (secondary N) is 1. The molecule has 0 radical (unpaired) electrons. The highest BCUT2D eigenvalue weighted by Gasteiger charge is 2.14. The molecule has 0 saturated carbocycles. The fraction of sp³-hybridized carbons (Fsp3) is 0. The molecule has 0 fully saturated rings. The standard InChI is InChI=1S/C18H11Cl2N3O4/c19-12-3-1-11(2-4-12)18(24)22-21-10-14-6-8-17(27-14)15-9-13(23(25)26)5-7-16(15)20/h1-10H,(H,22,24)/b21-10+. The highest BCUT2D eigenvalue weighted by Crippen LogP contribution is 2.32. The molecule has 0 aliphatic carbocycles. The van der Waals surface area contributed by atoms with Crippen LogP contribution in [0.3, 0.4) is 0 Å². The van der Waals surface area contributed by atoms with Gasteiger partial charge in [-0.3, -0.25) is 14.9 Å². The van der Waals surface area contributed by atoms with Crippen LogP contribution in [0.4, 0.5) is 5.69 Å². The molecule has 27 heavy (non-hydrogen) atoms. The van der Waals surface area contributed by atoms with Gasteiger partial charge in [-0.15, -0.1) is 0 Å². The summed E-state index contributed by atoms with van der Waals surface area (Å²) in [7, 11) is 0. The molecule has 136 valence electrons. The SMILES string of the molecule is O=C(N/N=C/c1ccc(-c2cc([N+](=O)[O-])ccc2Cl)o1)c1ccc(Cl)cc1. The van der Waals surface area contributed by atoms with Crippen molar-refractivity contribution in [3.8, 4) is 11.3 Å². The maximum Gasteiger partial charge on any atom is 0.271 e. The Bertz CT molecular complexity index is 1030. The summed E-state index contributed by atoms with van der Waals surface area (Å²) in [5, 5.41) is 15.6. The summed E-state index contributed by atoms with van der Waals surface area (Å²) in [4.78, 5) is 22.3. The fourth-order valence-electron chi connectivity index (χ4n) is 2.20. The zero-order valence-corrected chi connectivity index (χ0v) is 15.1. The van der Waals surface area contributed by atoms with E-state index in [1.807, 2.05) is 0 Å². The zero-order chi connectivity index (χ0) is 19.4. The van der Waals surface area contributed by atoms with Gasteiger partial charge in [0.1, 0.15) is 11.5 Å². The van der Waals surface area contributed by atoms with E-state index in [1.54, 1.807) is 36.4 Å². The van der Waals surface area contributed by atoms with Crippen LogP contribution in [0.25, 0.3) is 11.3 Å². The van der Waals surface area contributed by atoms with Crippen molar-refractivity contribution >= 4 is 41.0 Å². The van der Waals surface area contributed by atoms with Crippen molar-refractivity contribution in [1.82, 2.24) is 5.43 Å². The first-order chi connectivity index (χ1) is 12.9. The van der Waals surface area contributed by atoms with Gasteiger partial charge in [0.2, 0.25) is 0 Å². The number of nitro benzene ring substituents is 1. The van der Waals surface area contributed by atoms with E-state index in [1.165, 1.54) is 24.4 Å². The topological polar surface area (TPSA) is 97.7 Å². The number of non-ortho nitro benzene ring substituents is 1. The number of halogens is 2. The Labute approximate surface area is 163 Å². The number of nitro groups is 1. The molecule has 0 saturated heterocycles. The van der Waals surface area contributed by atoms with Crippen molar-refractivity contribution in [3.63, 3.8) is 0 Å². The molecule has 0 unspecified atom stereocenters. The highest BCUT2D eigenvalue weighted by atomic mass is 35.5. The molecule has 3 rings (SSSR count). The summed E-state index contributed by atoms with van der Waals surface area (Å²) >= 11 is 11.9. The Kier molecular flexibility index (Phi) is 5.54. The van der Waals surface area contributed by atoms with E-state index in [9.17, 15) is 14.9 Å². The molecule has 1 aromatic heterocycles. The van der Waals surface area contributed by atoms with Gasteiger partial charge in [0.05, 0.1) is 16.2 Å². The van der Waals surface area contributed by atoms with E-state index in [-0.39, 0.29) is 5.69 Å². The third-order valence-corrected chi connectivity index (χ3v) is 4.10. The fourth-order valence-corrected chi connectivity index (χ4v) is 2.54. The van der Waals surface area contributed by atoms with E-state index in [0.29, 0.717) is 32.7 Å². The summed E-state index contributed by atoms with van der Waals surface area (Å²) < 4.78 is 5.56. The number of hydrazone groups is 1. The Morgan fingerprint density at radius 1 is 1.11 bits per heavy atom. The lowest BCUT2D eigenvalue weighted by Crippen LogP contribution is -2.17. The van der Waals surface area contributed by atoms with Gasteiger partial charge in [-0.2, -0.15) is 5.10 Å². The monoisotopic (exact) mass is 403 g/mol. The largest absolute Gasteiger partial charge is 0.455 e. The number of nitrogens with zero attached hydrogens (tertiary/aromatic N) is 2. The molecule has 1 heterocycles. The van der Waals surface area contributed by atoms with Gasteiger partial charge < -0.3 is 4.42 Å². The van der Waals surface area contributed by atoms with E-state index in [0.717, 1.165) is 0 Å². The second-order valence-electron chi connectivity index (χ2n) is 5.33. The molecule has 0 bridgehead atoms. The lowest BCUT2D eigenvalue weighted by molar-refractivity contribution is -0.384. The van der Waals surface area contributed by atoms with Gasteiger partial charge >= 0.3 is 0 Å². The Balaban J connectivity index is 1.72. The Morgan fingerprint density at radius 2 is 1.85 bits per heavy atom. The van der Waals surface area contributed by atoms with Gasteiger partial charge in [0.25, 0.3) is 11.6 Å². The molecular weight excluding hydrogens is 393 g/mol. The maximum atomic E-state index is 11.9. The molecule has 1 amide bonds. The minimum Gasteiger partial charge on any atom is -0.455 e. The lowest BCUT2D eigenvalue weighted by atomic mass is 10.1. The Morgan fingerprint density at radius 3 is 2.56 bits per heavy atom. The third-order valence-electron chi connectivity index (χ3n) is 3.52. The van der Waals surface area contributed by atoms with Gasteiger partial charge in [-0.1, -0.05) is 23.2 Å². The van der Waals surface area contributed by atoms with Crippen molar-refractivity contribution in [1.29, 1.82) is 0 Å². The maximum absolute atomic E-state index is 11.9. The number of rotatable bonds is 5. The van der Waals surface area contributed by atoms with Crippen LogP contribution >= 0.6 is 23.2 Å². The van der Waals surface area contributed by atoms with E-state index < -0.39 is 10.8 Å². The average Bonchev–Trinajstić information content (AvgIpc) is 3.11. The number of furan rings is 1. The van der Waals surface area contributed by atoms with Crippen LogP contribution in [0, 0.1) is 10.1 Å². The quantitative estimate of drug-likeness (QED) is 0.371. The van der Waals surface area contributed by atoms with Crippen LogP contribution in [0.15, 0.2) is 64.1 Å². The van der Waals surface area contributed by atoms with E-state index in [2.05, 4.69) is 10.5 Å². The van der Waals surface area contributed by atoms with Gasteiger partial charge in [0, 0.05) is 28.3 Å². The molecule has 0 atom stereocenters. The van der Waals surface area contributed by atoms with Gasteiger partial charge in [-0.25, -0.2) is 5.43 Å². The molecule has 3 aromatic rings. The predicted molar refractivity (Wildman–Crippen MR) is 102 cm³/mol. The number of hydrogen-bond acceptors (Lipinski definition) is 5. The van der Waals surface area contributed by atoms with Crippen molar-refractivity contribution < 1.29 is 14.1 Å².